The summed E-state index contributed by atoms with van der Waals surface area (Å²) in [4.78, 5) is 17.4. The average molecular weight is 351 g/mol. The molecule has 0 aliphatic heterocycles. The molecule has 1 aromatic carbocycles. The molecule has 25 heavy (non-hydrogen) atoms. The number of hydrogen-bond donors (Lipinski definition) is 0. The van der Waals surface area contributed by atoms with E-state index >= 15 is 0 Å². The second-order valence-corrected chi connectivity index (χ2v) is 6.74. The molecule has 0 aliphatic carbocycles. The highest BCUT2D eigenvalue weighted by molar-refractivity contribution is 7.21. The van der Waals surface area contributed by atoms with E-state index in [0.717, 1.165) is 28.3 Å². The second-order valence-electron chi connectivity index (χ2n) is 5.71. The lowest BCUT2D eigenvalue weighted by atomic mass is 10.2. The maximum atomic E-state index is 5.29. The van der Waals surface area contributed by atoms with Crippen LogP contribution in [0.15, 0.2) is 47.2 Å². The van der Waals surface area contributed by atoms with Crippen molar-refractivity contribution < 1.29 is 4.52 Å². The molecule has 0 bridgehead atoms. The highest BCUT2D eigenvalue weighted by atomic mass is 32.1. The minimum Gasteiger partial charge on any atom is -0.350 e. The van der Waals surface area contributed by atoms with Crippen molar-refractivity contribution in [2.45, 2.75) is 19.9 Å². The van der Waals surface area contributed by atoms with Crippen molar-refractivity contribution in [1.82, 2.24) is 20.1 Å². The molecule has 0 saturated heterocycles. The van der Waals surface area contributed by atoms with Gasteiger partial charge in [0.1, 0.15) is 17.0 Å². The van der Waals surface area contributed by atoms with E-state index < -0.39 is 0 Å². The lowest BCUT2D eigenvalue weighted by Gasteiger charge is -2.16. The van der Waals surface area contributed by atoms with Gasteiger partial charge in [0.15, 0.2) is 5.82 Å². The van der Waals surface area contributed by atoms with Crippen LogP contribution in [0.4, 0.5) is 5.82 Å². The Kier molecular flexibility index (Phi) is 4.15. The summed E-state index contributed by atoms with van der Waals surface area (Å²) in [6.07, 6.45) is 2.36. The third kappa shape index (κ3) is 3.10. The van der Waals surface area contributed by atoms with Crippen LogP contribution in [0.1, 0.15) is 18.6 Å². The fourth-order valence-electron chi connectivity index (χ4n) is 2.67. The first-order valence-electron chi connectivity index (χ1n) is 8.07. The summed E-state index contributed by atoms with van der Waals surface area (Å²) in [5.41, 5.74) is 1.18. The number of rotatable bonds is 5. The normalized spacial score (nSPS) is 11.1. The minimum atomic E-state index is 0.510. The van der Waals surface area contributed by atoms with E-state index in [1.54, 1.807) is 17.7 Å². The lowest BCUT2D eigenvalue weighted by molar-refractivity contribution is 0.373. The molecule has 7 heteroatoms. The van der Waals surface area contributed by atoms with Gasteiger partial charge in [0.2, 0.25) is 5.89 Å². The first-order valence-corrected chi connectivity index (χ1v) is 8.89. The van der Waals surface area contributed by atoms with Gasteiger partial charge in [0, 0.05) is 18.3 Å². The number of aryl methyl sites for hydroxylation is 1. The van der Waals surface area contributed by atoms with Crippen LogP contribution in [0.2, 0.25) is 0 Å². The van der Waals surface area contributed by atoms with Crippen molar-refractivity contribution >= 4 is 27.4 Å². The molecule has 126 valence electrons. The Morgan fingerprint density at radius 1 is 1.16 bits per heavy atom. The maximum absolute atomic E-state index is 5.29. The highest BCUT2D eigenvalue weighted by Gasteiger charge is 2.15. The van der Waals surface area contributed by atoms with E-state index in [4.69, 9.17) is 4.52 Å². The van der Waals surface area contributed by atoms with Crippen molar-refractivity contribution in [3.05, 3.63) is 54.4 Å². The largest absolute Gasteiger partial charge is 0.350 e. The summed E-state index contributed by atoms with van der Waals surface area (Å²) in [6, 6.07) is 12.5. The molecule has 0 N–H and O–H groups in total. The van der Waals surface area contributed by atoms with Gasteiger partial charge in [-0.05, 0) is 11.6 Å². The number of benzene rings is 1. The fourth-order valence-corrected chi connectivity index (χ4v) is 3.67. The van der Waals surface area contributed by atoms with E-state index in [2.05, 4.69) is 38.3 Å². The summed E-state index contributed by atoms with van der Waals surface area (Å²) in [7, 11) is 1.97. The standard InChI is InChI=1S/C18H17N5OS/c1-3-15-21-16(24-22-15)10-23(2)17-13-9-14(12-7-5-4-6-8-12)25-18(13)20-11-19-17/h4-9,11H,3,10H2,1-2H3. The van der Waals surface area contributed by atoms with E-state index in [9.17, 15) is 0 Å². The van der Waals surface area contributed by atoms with Crippen LogP contribution >= 0.6 is 11.3 Å². The monoisotopic (exact) mass is 351 g/mol. The Labute approximate surface area is 149 Å². The Morgan fingerprint density at radius 3 is 2.76 bits per heavy atom. The van der Waals surface area contributed by atoms with Crippen molar-refractivity contribution in [1.29, 1.82) is 0 Å². The van der Waals surface area contributed by atoms with Crippen LogP contribution < -0.4 is 4.90 Å². The fraction of sp³-hybridized carbons (Fsp3) is 0.222. The smallest absolute Gasteiger partial charge is 0.246 e. The minimum absolute atomic E-state index is 0.510. The van der Waals surface area contributed by atoms with Gasteiger partial charge in [-0.25, -0.2) is 9.97 Å². The molecule has 0 atom stereocenters. The van der Waals surface area contributed by atoms with Crippen LogP contribution in [0.5, 0.6) is 0 Å². The van der Waals surface area contributed by atoms with E-state index in [0.29, 0.717) is 12.4 Å². The number of aromatic nitrogens is 4. The molecule has 3 heterocycles. The molecule has 0 aliphatic rings. The molecule has 4 rings (SSSR count). The van der Waals surface area contributed by atoms with Crippen molar-refractivity contribution in [2.75, 3.05) is 11.9 Å². The predicted molar refractivity (Wildman–Crippen MR) is 98.6 cm³/mol. The third-order valence-electron chi connectivity index (χ3n) is 3.93. The third-order valence-corrected chi connectivity index (χ3v) is 5.02. The SMILES string of the molecule is CCc1noc(CN(C)c2ncnc3sc(-c4ccccc4)cc23)n1. The van der Waals surface area contributed by atoms with Gasteiger partial charge in [-0.1, -0.05) is 42.4 Å². The molecular weight excluding hydrogens is 334 g/mol. The van der Waals surface area contributed by atoms with Crippen LogP contribution in [0.25, 0.3) is 20.7 Å². The first kappa shape index (κ1) is 15.7. The van der Waals surface area contributed by atoms with Gasteiger partial charge < -0.3 is 9.42 Å². The van der Waals surface area contributed by atoms with Gasteiger partial charge in [0.05, 0.1) is 11.9 Å². The number of fused-ring (bicyclic) bond motifs is 1. The zero-order valence-corrected chi connectivity index (χ0v) is 14.8. The van der Waals surface area contributed by atoms with Crippen LogP contribution in [0, 0.1) is 0 Å². The molecule has 4 aromatic rings. The maximum Gasteiger partial charge on any atom is 0.246 e. The summed E-state index contributed by atoms with van der Waals surface area (Å²) < 4.78 is 5.29. The number of thiophene rings is 1. The molecule has 0 spiro atoms. The zero-order chi connectivity index (χ0) is 17.2. The number of nitrogens with zero attached hydrogens (tertiary/aromatic N) is 5. The highest BCUT2D eigenvalue weighted by Crippen LogP contribution is 2.35. The summed E-state index contributed by atoms with van der Waals surface area (Å²) in [5.74, 6) is 2.17. The Bertz CT molecular complexity index is 995. The molecular formula is C18H17N5OS. The van der Waals surface area contributed by atoms with Crippen molar-refractivity contribution in [3.63, 3.8) is 0 Å². The summed E-state index contributed by atoms with van der Waals surface area (Å²) in [6.45, 7) is 2.51. The molecule has 6 nitrogen and oxygen atoms in total. The van der Waals surface area contributed by atoms with Crippen LogP contribution in [0.3, 0.4) is 0 Å². The van der Waals surface area contributed by atoms with Gasteiger partial charge in [0.25, 0.3) is 0 Å². The topological polar surface area (TPSA) is 67.9 Å². The zero-order valence-electron chi connectivity index (χ0n) is 14.0. The van der Waals surface area contributed by atoms with Gasteiger partial charge >= 0.3 is 0 Å². The Balaban J connectivity index is 1.68. The summed E-state index contributed by atoms with van der Waals surface area (Å²) >= 11 is 1.67. The molecule has 0 fully saturated rings. The molecule has 0 amide bonds. The molecule has 0 unspecified atom stereocenters. The second kappa shape index (κ2) is 6.60. The van der Waals surface area contributed by atoms with Crippen LogP contribution in [-0.4, -0.2) is 27.2 Å². The molecule has 3 aromatic heterocycles. The summed E-state index contributed by atoms with van der Waals surface area (Å²) in [5, 5.41) is 4.98. The van der Waals surface area contributed by atoms with E-state index in [1.807, 2.05) is 37.1 Å². The number of anilines is 1. The van der Waals surface area contributed by atoms with Crippen molar-refractivity contribution in [2.24, 2.45) is 0 Å². The van der Waals surface area contributed by atoms with Gasteiger partial charge in [-0.2, -0.15) is 4.98 Å². The van der Waals surface area contributed by atoms with E-state index in [-0.39, 0.29) is 0 Å². The van der Waals surface area contributed by atoms with Gasteiger partial charge in [-0.15, -0.1) is 11.3 Å². The van der Waals surface area contributed by atoms with E-state index in [1.165, 1.54) is 10.4 Å². The average Bonchev–Trinajstić information content (AvgIpc) is 3.28. The first-order chi connectivity index (χ1) is 12.2. The Morgan fingerprint density at radius 2 is 2.00 bits per heavy atom. The van der Waals surface area contributed by atoms with Crippen molar-refractivity contribution in [3.8, 4) is 10.4 Å². The lowest BCUT2D eigenvalue weighted by Crippen LogP contribution is -2.18. The predicted octanol–water partition coefficient (Wildman–Crippen LogP) is 3.94. The van der Waals surface area contributed by atoms with Crippen LogP contribution in [-0.2, 0) is 13.0 Å². The molecule has 0 radical (unpaired) electrons. The Hall–Kier alpha value is -2.80. The number of hydrogen-bond acceptors (Lipinski definition) is 7. The quantitative estimate of drug-likeness (QED) is 0.542. The van der Waals surface area contributed by atoms with Gasteiger partial charge in [-0.3, -0.25) is 0 Å². The molecule has 0 saturated carbocycles.